The molecule has 80 heavy (non-hydrogen) atoms. The Morgan fingerprint density at radius 3 is 1.52 bits per heavy atom. The fourth-order valence-corrected chi connectivity index (χ4v) is 14.4. The van der Waals surface area contributed by atoms with E-state index >= 15 is 0 Å². The van der Waals surface area contributed by atoms with E-state index in [0.717, 1.165) is 38.0 Å². The topological polar surface area (TPSA) is 189 Å². The highest BCUT2D eigenvalue weighted by molar-refractivity contribution is 7.97. The number of hydrogen-bond acceptors (Lipinski definition) is 13. The lowest BCUT2D eigenvalue weighted by molar-refractivity contribution is -0.348. The molecule has 1 saturated heterocycles. The Labute approximate surface area is 463 Å². The summed E-state index contributed by atoms with van der Waals surface area (Å²) in [6.07, 6.45) is 0.606. The number of rotatable bonds is 17. The van der Waals surface area contributed by atoms with Crippen molar-refractivity contribution in [2.45, 2.75) is 148 Å². The number of carbonyl (C=O) groups is 5. The summed E-state index contributed by atoms with van der Waals surface area (Å²) in [5, 5.41) is -6.17. The molecule has 7 aliphatic rings. The summed E-state index contributed by atoms with van der Waals surface area (Å²) in [6.45, 7) is 14.8. The molecule has 6 aliphatic carbocycles. The van der Waals surface area contributed by atoms with Gasteiger partial charge in [0.1, 0.15) is 17.8 Å². The lowest BCUT2D eigenvalue weighted by Gasteiger charge is -2.60. The van der Waals surface area contributed by atoms with Crippen LogP contribution in [0.3, 0.4) is 0 Å². The van der Waals surface area contributed by atoms with Gasteiger partial charge in [0.05, 0.1) is 23.4 Å². The number of Topliss-reactive ketones (excluding diaryl/α,β-unsaturated/α-hetero) is 1. The molecule has 1 aliphatic heterocycles. The first-order valence-corrected chi connectivity index (χ1v) is 28.6. The number of hydrogen-bond donors (Lipinski definition) is 0. The van der Waals surface area contributed by atoms with Crippen LogP contribution in [0.15, 0.2) is 142 Å². The molecule has 10 rings (SSSR count). The molecule has 0 radical (unpaired) electrons. The van der Waals surface area contributed by atoms with Crippen LogP contribution in [-0.2, 0) is 68.7 Å². The number of benzene rings is 3. The van der Waals surface area contributed by atoms with E-state index < -0.39 is 63.6 Å². The second kappa shape index (κ2) is 25.1. The molecule has 0 aromatic heterocycles. The molecule has 7 fully saturated rings. The van der Waals surface area contributed by atoms with Crippen LogP contribution in [0, 0.1) is 41.4 Å². The summed E-state index contributed by atoms with van der Waals surface area (Å²) >= 11 is 0. The van der Waals surface area contributed by atoms with Gasteiger partial charge >= 0.3 is 47.0 Å². The van der Waals surface area contributed by atoms with Gasteiger partial charge in [-0.25, -0.2) is 22.8 Å². The maximum absolute atomic E-state index is 13.3. The molecule has 0 spiro atoms. The van der Waals surface area contributed by atoms with Crippen LogP contribution < -0.4 is 0 Å². The molecule has 0 amide bonds. The van der Waals surface area contributed by atoms with Crippen molar-refractivity contribution in [3.8, 4) is 0 Å². The Hall–Kier alpha value is -5.84. The molecule has 6 bridgehead atoms. The van der Waals surface area contributed by atoms with E-state index in [2.05, 4.69) is 127 Å². The van der Waals surface area contributed by atoms with Gasteiger partial charge in [0.25, 0.3) is 0 Å². The van der Waals surface area contributed by atoms with Crippen LogP contribution in [-0.4, -0.2) is 90.2 Å². The second-order valence-electron chi connectivity index (χ2n) is 21.2. The fourth-order valence-electron chi connectivity index (χ4n) is 11.8. The normalized spacial score (nSPS) is 26.6. The third kappa shape index (κ3) is 13.6. The van der Waals surface area contributed by atoms with Gasteiger partial charge in [-0.15, -0.1) is 0 Å². The van der Waals surface area contributed by atoms with Crippen molar-refractivity contribution in [2.75, 3.05) is 6.61 Å². The van der Waals surface area contributed by atoms with Crippen LogP contribution in [0.1, 0.15) is 92.4 Å². The minimum atomic E-state index is -6.88. The zero-order valence-electron chi connectivity index (χ0n) is 44.8. The second-order valence-corrected chi connectivity index (χ2v) is 24.6. The Bertz CT molecular complexity index is 2760. The number of fused-ring (bicyclic) bond motifs is 1. The molecule has 3 aromatic rings. The Morgan fingerprint density at radius 1 is 0.688 bits per heavy atom. The minimum Gasteiger partial charge on any atom is -0.743 e. The molecule has 1 heterocycles. The summed E-state index contributed by atoms with van der Waals surface area (Å²) in [4.78, 5) is 61.7. The zero-order chi connectivity index (χ0) is 59.3. The van der Waals surface area contributed by atoms with E-state index in [0.29, 0.717) is 28.9 Å². The molecular weight excluding hydrogens is 1100 g/mol. The molecule has 436 valence electrons. The first-order valence-electron chi connectivity index (χ1n) is 26.0. The predicted molar refractivity (Wildman–Crippen MR) is 277 cm³/mol. The molecule has 6 atom stereocenters. The quantitative estimate of drug-likeness (QED) is 0.0236. The van der Waals surface area contributed by atoms with Crippen molar-refractivity contribution >= 4 is 50.7 Å². The van der Waals surface area contributed by atoms with Gasteiger partial charge < -0.3 is 28.2 Å². The van der Waals surface area contributed by atoms with Crippen LogP contribution in [0.2, 0.25) is 0 Å². The van der Waals surface area contributed by atoms with Crippen molar-refractivity contribution < 1.29 is 91.4 Å². The Balaban J connectivity index is 0.000000175. The lowest BCUT2D eigenvalue weighted by Crippen LogP contribution is -2.59. The standard InChI is InChI=1S/C18H15S.C16H24O2.C12H13F7O7S.C12H14O4/c1-4-10-16(11-5-1)19(17-12-6-2-7-13-17)18-14-8-3-9-15-18;1-4-16(18-15(17)10(2)3)13-6-11-5-12(8-13)9-14(16)7-11;1-6(2)8(21)26-10(7(3)20,11(15,16)17)25-5-4-9(13,14)12(18,19)27(22,23)24;1-5(2)11(13)15-9-6-3-7-8(4-6)12(14)16-10(7)9/h1-15H;11-14H,2,4-9H2,1,3H3;1,4-5H2,2-3H3,(H,22,23,24);6-10H,1,3-4H2,2H3/q+1;;;/p-1. The molecule has 22 heteroatoms. The maximum Gasteiger partial charge on any atom is 0.463 e. The number of alkyl halides is 7. The van der Waals surface area contributed by atoms with Crippen molar-refractivity contribution in [1.82, 2.24) is 0 Å². The molecule has 0 N–H and O–H groups in total. The van der Waals surface area contributed by atoms with Gasteiger partial charge in [-0.2, -0.15) is 30.7 Å². The highest BCUT2D eigenvalue weighted by atomic mass is 32.2. The summed E-state index contributed by atoms with van der Waals surface area (Å²) in [7, 11) is -6.89. The van der Waals surface area contributed by atoms with Gasteiger partial charge in [0.2, 0.25) is 5.78 Å². The summed E-state index contributed by atoms with van der Waals surface area (Å²) in [6, 6.07) is 32.2. The van der Waals surface area contributed by atoms with E-state index in [1.165, 1.54) is 46.8 Å². The van der Waals surface area contributed by atoms with Gasteiger partial charge in [0, 0.05) is 41.9 Å². The SMILES string of the molecule is C=C(C)C(=O)OC(OCCC(F)(F)C(F)(F)S(=O)(=O)[O-])(C(C)=O)C(F)(F)F.C=C(C)C(=O)OC1(CC)C2CC3CC(C2)CC1C3.C=C(C)C(=O)OC1C2CC3C(=O)OC1C3C2.c1ccc([S+](c2ccccc2)c2ccccc2)cc1. The van der Waals surface area contributed by atoms with E-state index in [4.69, 9.17) is 14.2 Å². The number of carbonyl (C=O) groups excluding carboxylic acids is 5. The van der Waals surface area contributed by atoms with E-state index in [1.807, 2.05) is 0 Å². The zero-order valence-corrected chi connectivity index (χ0v) is 46.5. The van der Waals surface area contributed by atoms with E-state index in [-0.39, 0.29) is 65.4 Å². The number of esters is 4. The van der Waals surface area contributed by atoms with Crippen LogP contribution in [0.5, 0.6) is 0 Å². The van der Waals surface area contributed by atoms with Crippen molar-refractivity contribution in [1.29, 1.82) is 0 Å². The van der Waals surface area contributed by atoms with Gasteiger partial charge in [-0.1, -0.05) is 81.3 Å². The number of halogens is 7. The molecule has 13 nitrogen and oxygen atoms in total. The Morgan fingerprint density at radius 2 is 1.14 bits per heavy atom. The highest BCUT2D eigenvalue weighted by Crippen LogP contribution is 2.61. The first-order chi connectivity index (χ1) is 37.3. The average molecular weight is 1170 g/mol. The third-order valence-electron chi connectivity index (χ3n) is 15.5. The number of ketones is 1. The Kier molecular flexibility index (Phi) is 19.9. The van der Waals surface area contributed by atoms with Crippen molar-refractivity contribution in [3.63, 3.8) is 0 Å². The van der Waals surface area contributed by atoms with E-state index in [9.17, 15) is 67.7 Å². The first kappa shape index (κ1) is 63.3. The monoisotopic (exact) mass is 1170 g/mol. The van der Waals surface area contributed by atoms with Crippen molar-refractivity contribution in [2.24, 2.45) is 41.4 Å². The molecular formula is C58H65F7O13S2. The van der Waals surface area contributed by atoms with Crippen LogP contribution >= 0.6 is 0 Å². The van der Waals surface area contributed by atoms with Crippen LogP contribution in [0.4, 0.5) is 30.7 Å². The largest absolute Gasteiger partial charge is 0.743 e. The van der Waals surface area contributed by atoms with Gasteiger partial charge in [-0.3, -0.25) is 9.59 Å². The maximum atomic E-state index is 13.3. The smallest absolute Gasteiger partial charge is 0.463 e. The average Bonchev–Trinajstić information content (AvgIpc) is 4.11. The van der Waals surface area contributed by atoms with Crippen LogP contribution in [0.25, 0.3) is 0 Å². The summed E-state index contributed by atoms with van der Waals surface area (Å²) in [5.74, 6) is -10.9. The summed E-state index contributed by atoms with van der Waals surface area (Å²) < 4.78 is 147. The third-order valence-corrected chi connectivity index (χ3v) is 18.7. The predicted octanol–water partition coefficient (Wildman–Crippen LogP) is 11.7. The van der Waals surface area contributed by atoms with E-state index in [1.54, 1.807) is 13.8 Å². The number of ether oxygens (including phenoxy) is 5. The van der Waals surface area contributed by atoms with Crippen molar-refractivity contribution in [3.05, 3.63) is 127 Å². The fraction of sp³-hybridized carbons (Fsp3) is 0.500. The molecule has 3 aromatic carbocycles. The molecule has 6 unspecified atom stereocenters. The highest BCUT2D eigenvalue weighted by Gasteiger charge is 2.67. The van der Waals surface area contributed by atoms with Gasteiger partial charge in [-0.05, 0) is 132 Å². The lowest BCUT2D eigenvalue weighted by atomic mass is 9.49. The van der Waals surface area contributed by atoms with Gasteiger partial charge in [0.15, 0.2) is 24.8 Å². The summed E-state index contributed by atoms with van der Waals surface area (Å²) in [5.41, 5.74) is 0.117. The molecule has 6 saturated carbocycles. The minimum absolute atomic E-state index is 0.0146.